The summed E-state index contributed by atoms with van der Waals surface area (Å²) in [5.41, 5.74) is 0.488. The van der Waals surface area contributed by atoms with Crippen LogP contribution < -0.4 is 0 Å². The van der Waals surface area contributed by atoms with Gasteiger partial charge in [0.2, 0.25) is 0 Å². The van der Waals surface area contributed by atoms with E-state index in [4.69, 9.17) is 9.47 Å². The van der Waals surface area contributed by atoms with Gasteiger partial charge in [-0.2, -0.15) is 0 Å². The Morgan fingerprint density at radius 3 is 2.75 bits per heavy atom. The molecule has 1 heterocycles. The summed E-state index contributed by atoms with van der Waals surface area (Å²) in [4.78, 5) is 2.56. The molecule has 2 fully saturated rings. The third-order valence-electron chi connectivity index (χ3n) is 3.61. The van der Waals surface area contributed by atoms with Crippen LogP contribution >= 0.6 is 0 Å². The Balaban J connectivity index is 0.00000128. The van der Waals surface area contributed by atoms with Crippen molar-refractivity contribution >= 4 is 0 Å². The molecule has 0 N–H and O–H groups in total. The summed E-state index contributed by atoms with van der Waals surface area (Å²) >= 11 is 0. The van der Waals surface area contributed by atoms with Crippen LogP contribution in [0.3, 0.4) is 0 Å². The second-order valence-electron chi connectivity index (χ2n) is 5.03. The van der Waals surface area contributed by atoms with Gasteiger partial charge in [-0.25, -0.2) is 0 Å². The van der Waals surface area contributed by atoms with Crippen molar-refractivity contribution in [3.63, 3.8) is 0 Å². The second-order valence-corrected chi connectivity index (χ2v) is 5.03. The summed E-state index contributed by atoms with van der Waals surface area (Å²) in [6, 6.07) is 0.581. The van der Waals surface area contributed by atoms with Crippen molar-refractivity contribution < 1.29 is 9.47 Å². The highest BCUT2D eigenvalue weighted by Crippen LogP contribution is 2.46. The number of hydrogen-bond acceptors (Lipinski definition) is 3. The average molecular weight is 229 g/mol. The molecule has 3 nitrogen and oxygen atoms in total. The Bertz CT molecular complexity index is 204. The van der Waals surface area contributed by atoms with Gasteiger partial charge >= 0.3 is 0 Å². The normalized spacial score (nSPS) is 28.5. The maximum atomic E-state index is 5.58. The van der Waals surface area contributed by atoms with Crippen LogP contribution in [0.1, 0.15) is 34.1 Å². The van der Waals surface area contributed by atoms with Crippen LogP contribution in [-0.2, 0) is 9.47 Å². The number of hydrogen-bond donors (Lipinski definition) is 0. The van der Waals surface area contributed by atoms with Gasteiger partial charge < -0.3 is 9.47 Å². The number of rotatable bonds is 5. The minimum atomic E-state index is 0. The number of nitrogens with zero attached hydrogens (tertiary/aromatic N) is 1. The molecule has 0 bridgehead atoms. The highest BCUT2D eigenvalue weighted by molar-refractivity contribution is 4.96. The van der Waals surface area contributed by atoms with Crippen molar-refractivity contribution in [1.29, 1.82) is 0 Å². The Morgan fingerprint density at radius 1 is 1.44 bits per heavy atom. The molecule has 1 atom stereocenters. The fourth-order valence-corrected chi connectivity index (χ4v) is 2.27. The van der Waals surface area contributed by atoms with Gasteiger partial charge in [-0.3, -0.25) is 4.90 Å². The topological polar surface area (TPSA) is 21.7 Å². The Kier molecular flexibility index (Phi) is 5.22. The molecule has 1 saturated heterocycles. The van der Waals surface area contributed by atoms with E-state index in [9.17, 15) is 0 Å². The van der Waals surface area contributed by atoms with E-state index in [2.05, 4.69) is 18.7 Å². The lowest BCUT2D eigenvalue weighted by molar-refractivity contribution is -0.0191. The number of morpholine rings is 1. The van der Waals surface area contributed by atoms with Crippen LogP contribution in [0.5, 0.6) is 0 Å². The van der Waals surface area contributed by atoms with E-state index < -0.39 is 0 Å². The molecule has 0 unspecified atom stereocenters. The molecule has 3 heteroatoms. The van der Waals surface area contributed by atoms with Crippen LogP contribution in [0.4, 0.5) is 0 Å². The Morgan fingerprint density at radius 2 is 2.19 bits per heavy atom. The van der Waals surface area contributed by atoms with Gasteiger partial charge in [-0.1, -0.05) is 7.43 Å². The fraction of sp³-hybridized carbons (Fsp3) is 1.00. The molecule has 0 aromatic carbocycles. The second kappa shape index (κ2) is 5.99. The molecular formula is C13H27NO2. The first kappa shape index (κ1) is 13.9. The van der Waals surface area contributed by atoms with E-state index in [0.717, 1.165) is 33.0 Å². The molecule has 2 aliphatic rings. The standard InChI is InChI=1S/C12H23NO2.CH4/c1-3-14-10-12(4-5-12)9-13-6-7-15-8-11(13)2;/h11H,3-10H2,1-2H3;1H4/t11-;/m1./s1. The highest BCUT2D eigenvalue weighted by atomic mass is 16.5. The molecule has 1 saturated carbocycles. The molecule has 0 radical (unpaired) electrons. The van der Waals surface area contributed by atoms with Crippen molar-refractivity contribution in [2.75, 3.05) is 39.5 Å². The van der Waals surface area contributed by atoms with Gasteiger partial charge in [0.05, 0.1) is 19.8 Å². The van der Waals surface area contributed by atoms with E-state index in [1.54, 1.807) is 0 Å². The van der Waals surface area contributed by atoms with Crippen LogP contribution in [0.2, 0.25) is 0 Å². The minimum Gasteiger partial charge on any atom is -0.381 e. The lowest BCUT2D eigenvalue weighted by Gasteiger charge is -2.35. The predicted molar refractivity (Wildman–Crippen MR) is 66.7 cm³/mol. The summed E-state index contributed by atoms with van der Waals surface area (Å²) < 4.78 is 11.0. The van der Waals surface area contributed by atoms with Crippen LogP contribution in [-0.4, -0.2) is 50.5 Å². The van der Waals surface area contributed by atoms with Gasteiger partial charge in [-0.15, -0.1) is 0 Å². The zero-order valence-electron chi connectivity index (χ0n) is 10.00. The molecule has 0 spiro atoms. The van der Waals surface area contributed by atoms with E-state index in [0.29, 0.717) is 11.5 Å². The zero-order valence-corrected chi connectivity index (χ0v) is 10.00. The molecular weight excluding hydrogens is 202 g/mol. The summed E-state index contributed by atoms with van der Waals surface area (Å²) in [6.45, 7) is 10.2. The molecule has 0 amide bonds. The van der Waals surface area contributed by atoms with Crippen LogP contribution in [0, 0.1) is 5.41 Å². The first-order valence-corrected chi connectivity index (χ1v) is 6.15. The lowest BCUT2D eigenvalue weighted by Crippen LogP contribution is -2.46. The van der Waals surface area contributed by atoms with Gasteiger partial charge in [0.15, 0.2) is 0 Å². The lowest BCUT2D eigenvalue weighted by atomic mass is 10.1. The van der Waals surface area contributed by atoms with Crippen molar-refractivity contribution in [1.82, 2.24) is 4.90 Å². The van der Waals surface area contributed by atoms with Crippen molar-refractivity contribution in [2.45, 2.75) is 40.2 Å². The highest BCUT2D eigenvalue weighted by Gasteiger charge is 2.44. The maximum Gasteiger partial charge on any atom is 0.0619 e. The summed E-state index contributed by atoms with van der Waals surface area (Å²) in [7, 11) is 0. The van der Waals surface area contributed by atoms with Gasteiger partial charge in [-0.05, 0) is 26.7 Å². The van der Waals surface area contributed by atoms with Gasteiger partial charge in [0.1, 0.15) is 0 Å². The predicted octanol–water partition coefficient (Wildman–Crippen LogP) is 2.16. The largest absolute Gasteiger partial charge is 0.381 e. The third kappa shape index (κ3) is 3.44. The smallest absolute Gasteiger partial charge is 0.0619 e. The van der Waals surface area contributed by atoms with E-state index >= 15 is 0 Å². The Hall–Kier alpha value is -0.120. The average Bonchev–Trinajstić information content (AvgIpc) is 3.00. The molecule has 1 aliphatic carbocycles. The van der Waals surface area contributed by atoms with Crippen molar-refractivity contribution in [3.8, 4) is 0 Å². The first-order chi connectivity index (χ1) is 7.26. The summed E-state index contributed by atoms with van der Waals surface area (Å²) in [6.07, 6.45) is 2.69. The third-order valence-corrected chi connectivity index (χ3v) is 3.61. The molecule has 96 valence electrons. The summed E-state index contributed by atoms with van der Waals surface area (Å²) in [5, 5.41) is 0. The van der Waals surface area contributed by atoms with Crippen molar-refractivity contribution in [3.05, 3.63) is 0 Å². The molecule has 0 aromatic heterocycles. The van der Waals surface area contributed by atoms with Crippen LogP contribution in [0.15, 0.2) is 0 Å². The molecule has 2 rings (SSSR count). The van der Waals surface area contributed by atoms with E-state index in [1.165, 1.54) is 19.4 Å². The first-order valence-electron chi connectivity index (χ1n) is 6.15. The molecule has 0 aromatic rings. The SMILES string of the molecule is C.CCOCC1(CN2CCOC[C@H]2C)CC1. The monoisotopic (exact) mass is 229 g/mol. The van der Waals surface area contributed by atoms with Crippen molar-refractivity contribution in [2.24, 2.45) is 5.41 Å². The molecule has 1 aliphatic heterocycles. The maximum absolute atomic E-state index is 5.58. The molecule has 16 heavy (non-hydrogen) atoms. The Labute approximate surface area is 100 Å². The van der Waals surface area contributed by atoms with Crippen LogP contribution in [0.25, 0.3) is 0 Å². The summed E-state index contributed by atoms with van der Waals surface area (Å²) in [5.74, 6) is 0. The minimum absolute atomic E-state index is 0. The van der Waals surface area contributed by atoms with Gasteiger partial charge in [0.25, 0.3) is 0 Å². The van der Waals surface area contributed by atoms with E-state index in [1.807, 2.05) is 0 Å². The zero-order chi connectivity index (χ0) is 10.7. The fourth-order valence-electron chi connectivity index (χ4n) is 2.27. The van der Waals surface area contributed by atoms with E-state index in [-0.39, 0.29) is 7.43 Å². The number of ether oxygens (including phenoxy) is 2. The van der Waals surface area contributed by atoms with Gasteiger partial charge in [0, 0.05) is 31.2 Å². The quantitative estimate of drug-likeness (QED) is 0.721.